The minimum Gasteiger partial charge on any atom is -0.481 e. The van der Waals surface area contributed by atoms with Gasteiger partial charge in [-0.15, -0.1) is 0 Å². The standard InChI is InChI=1S/C16H24N2O2/c1-5-13(11-18(2)3)16(19)8-6-7-12-9-15(20-4)17-10-14(12)16/h5,9-10,19H,6-8,11H2,1-4H3. The van der Waals surface area contributed by atoms with Crippen molar-refractivity contribution < 1.29 is 9.84 Å². The molecule has 4 heteroatoms. The molecular formula is C16H24N2O2. The van der Waals surface area contributed by atoms with E-state index in [-0.39, 0.29) is 0 Å². The zero-order chi connectivity index (χ0) is 14.8. The predicted molar refractivity (Wildman–Crippen MR) is 79.9 cm³/mol. The highest BCUT2D eigenvalue weighted by molar-refractivity contribution is 5.42. The largest absolute Gasteiger partial charge is 0.481 e. The molecule has 0 fully saturated rings. The molecule has 1 aliphatic rings. The fourth-order valence-corrected chi connectivity index (χ4v) is 2.97. The highest BCUT2D eigenvalue weighted by Gasteiger charge is 2.38. The van der Waals surface area contributed by atoms with Gasteiger partial charge in [-0.25, -0.2) is 4.98 Å². The Kier molecular flexibility index (Phi) is 4.45. The van der Waals surface area contributed by atoms with Crippen LogP contribution in [-0.2, 0) is 12.0 Å². The van der Waals surface area contributed by atoms with Gasteiger partial charge in [-0.2, -0.15) is 0 Å². The molecule has 1 aromatic rings. The second-order valence-corrected chi connectivity index (χ2v) is 5.65. The Morgan fingerprint density at radius 1 is 1.55 bits per heavy atom. The number of aryl methyl sites for hydroxylation is 1. The normalized spacial score (nSPS) is 22.8. The quantitative estimate of drug-likeness (QED) is 0.856. The van der Waals surface area contributed by atoms with Crippen LogP contribution in [0.2, 0.25) is 0 Å². The third kappa shape index (κ3) is 2.72. The van der Waals surface area contributed by atoms with E-state index in [9.17, 15) is 5.11 Å². The summed E-state index contributed by atoms with van der Waals surface area (Å²) in [6, 6.07) is 1.95. The Morgan fingerprint density at radius 2 is 2.30 bits per heavy atom. The van der Waals surface area contributed by atoms with Crippen LogP contribution < -0.4 is 4.74 Å². The monoisotopic (exact) mass is 276 g/mol. The van der Waals surface area contributed by atoms with Crippen molar-refractivity contribution in [2.45, 2.75) is 31.8 Å². The van der Waals surface area contributed by atoms with Crippen LogP contribution in [0.4, 0.5) is 0 Å². The van der Waals surface area contributed by atoms with Crippen molar-refractivity contribution in [2.24, 2.45) is 0 Å². The summed E-state index contributed by atoms with van der Waals surface area (Å²) in [5.74, 6) is 0.614. The van der Waals surface area contributed by atoms with E-state index in [0.717, 1.165) is 42.5 Å². The molecule has 2 rings (SSSR count). The van der Waals surface area contributed by atoms with E-state index in [1.165, 1.54) is 0 Å². The van der Waals surface area contributed by atoms with E-state index in [1.54, 1.807) is 13.3 Å². The smallest absolute Gasteiger partial charge is 0.213 e. The minimum absolute atomic E-state index is 0.614. The summed E-state index contributed by atoms with van der Waals surface area (Å²) >= 11 is 0. The second kappa shape index (κ2) is 5.94. The average molecular weight is 276 g/mol. The number of aromatic nitrogens is 1. The van der Waals surface area contributed by atoms with Crippen LogP contribution in [-0.4, -0.2) is 42.7 Å². The molecule has 20 heavy (non-hydrogen) atoms. The SMILES string of the molecule is CC=C(CN(C)C)C1(O)CCCc2cc(OC)ncc21. The van der Waals surface area contributed by atoms with Crippen molar-refractivity contribution in [1.29, 1.82) is 0 Å². The third-order valence-electron chi connectivity index (χ3n) is 3.97. The van der Waals surface area contributed by atoms with E-state index in [1.807, 2.05) is 33.2 Å². The molecule has 0 bridgehead atoms. The fraction of sp³-hybridized carbons (Fsp3) is 0.562. The van der Waals surface area contributed by atoms with Gasteiger partial charge in [-0.3, -0.25) is 0 Å². The molecule has 1 N–H and O–H groups in total. The van der Waals surface area contributed by atoms with Crippen molar-refractivity contribution in [2.75, 3.05) is 27.7 Å². The third-order valence-corrected chi connectivity index (χ3v) is 3.97. The number of rotatable bonds is 4. The Balaban J connectivity index is 2.44. The van der Waals surface area contributed by atoms with Gasteiger partial charge in [-0.05, 0) is 51.4 Å². The van der Waals surface area contributed by atoms with Crippen LogP contribution in [0.1, 0.15) is 30.9 Å². The maximum Gasteiger partial charge on any atom is 0.213 e. The molecule has 1 aromatic heterocycles. The molecule has 4 nitrogen and oxygen atoms in total. The van der Waals surface area contributed by atoms with E-state index in [2.05, 4.69) is 9.88 Å². The lowest BCUT2D eigenvalue weighted by Crippen LogP contribution is -2.37. The van der Waals surface area contributed by atoms with Gasteiger partial charge in [0.25, 0.3) is 0 Å². The number of aliphatic hydroxyl groups is 1. The molecule has 1 atom stereocenters. The number of methoxy groups -OCH3 is 1. The summed E-state index contributed by atoms with van der Waals surface area (Å²) in [4.78, 5) is 6.36. The number of allylic oxidation sites excluding steroid dienone is 1. The second-order valence-electron chi connectivity index (χ2n) is 5.65. The van der Waals surface area contributed by atoms with Crippen molar-refractivity contribution in [3.8, 4) is 5.88 Å². The molecule has 0 radical (unpaired) electrons. The first-order valence-electron chi connectivity index (χ1n) is 7.07. The minimum atomic E-state index is -0.897. The molecule has 0 amide bonds. The van der Waals surface area contributed by atoms with Gasteiger partial charge in [-0.1, -0.05) is 6.08 Å². The number of fused-ring (bicyclic) bond motifs is 1. The predicted octanol–water partition coefficient (Wildman–Crippen LogP) is 2.12. The first-order chi connectivity index (χ1) is 9.51. The van der Waals surface area contributed by atoms with Gasteiger partial charge >= 0.3 is 0 Å². The molecule has 0 aliphatic heterocycles. The topological polar surface area (TPSA) is 45.6 Å². The molecular weight excluding hydrogens is 252 g/mol. The lowest BCUT2D eigenvalue weighted by Gasteiger charge is -2.37. The fourth-order valence-electron chi connectivity index (χ4n) is 2.97. The summed E-state index contributed by atoms with van der Waals surface area (Å²) in [5.41, 5.74) is 2.21. The summed E-state index contributed by atoms with van der Waals surface area (Å²) in [6.45, 7) is 2.74. The van der Waals surface area contributed by atoms with Crippen LogP contribution in [0.5, 0.6) is 5.88 Å². The van der Waals surface area contributed by atoms with Crippen molar-refractivity contribution >= 4 is 0 Å². The summed E-state index contributed by atoms with van der Waals surface area (Å²) in [6.07, 6.45) is 6.49. The molecule has 0 spiro atoms. The number of hydrogen-bond acceptors (Lipinski definition) is 4. The number of hydrogen-bond donors (Lipinski definition) is 1. The first kappa shape index (κ1) is 15.0. The van der Waals surface area contributed by atoms with Crippen LogP contribution in [0.3, 0.4) is 0 Å². The molecule has 0 aromatic carbocycles. The Morgan fingerprint density at radius 3 is 2.90 bits per heavy atom. The van der Waals surface area contributed by atoms with E-state index in [4.69, 9.17) is 4.74 Å². The van der Waals surface area contributed by atoms with Crippen LogP contribution in [0.25, 0.3) is 0 Å². The lowest BCUT2D eigenvalue weighted by molar-refractivity contribution is 0.0504. The van der Waals surface area contributed by atoms with Crippen molar-refractivity contribution in [1.82, 2.24) is 9.88 Å². The summed E-state index contributed by atoms with van der Waals surface area (Å²) in [5, 5.41) is 11.2. The van der Waals surface area contributed by atoms with Gasteiger partial charge in [0.15, 0.2) is 0 Å². The zero-order valence-corrected chi connectivity index (χ0v) is 12.8. The number of pyridine rings is 1. The number of nitrogens with zero attached hydrogens (tertiary/aromatic N) is 2. The maximum atomic E-state index is 11.2. The molecule has 1 heterocycles. The van der Waals surface area contributed by atoms with Crippen LogP contribution >= 0.6 is 0 Å². The zero-order valence-electron chi connectivity index (χ0n) is 12.8. The summed E-state index contributed by atoms with van der Waals surface area (Å²) in [7, 11) is 5.65. The lowest BCUT2D eigenvalue weighted by atomic mass is 9.75. The van der Waals surface area contributed by atoms with Gasteiger partial charge in [0.2, 0.25) is 5.88 Å². The molecule has 0 saturated carbocycles. The van der Waals surface area contributed by atoms with Crippen molar-refractivity contribution in [3.63, 3.8) is 0 Å². The molecule has 110 valence electrons. The Labute approximate surface area is 121 Å². The van der Waals surface area contributed by atoms with Crippen molar-refractivity contribution in [3.05, 3.63) is 35.0 Å². The van der Waals surface area contributed by atoms with Gasteiger partial charge in [0, 0.05) is 24.4 Å². The van der Waals surface area contributed by atoms with E-state index in [0.29, 0.717) is 5.88 Å². The van der Waals surface area contributed by atoms with E-state index < -0.39 is 5.60 Å². The molecule has 0 saturated heterocycles. The number of likely N-dealkylation sites (N-methyl/N-ethyl adjacent to an activating group) is 1. The Hall–Kier alpha value is -1.39. The highest BCUT2D eigenvalue weighted by Crippen LogP contribution is 2.41. The molecule has 1 unspecified atom stereocenters. The van der Waals surface area contributed by atoms with Gasteiger partial charge < -0.3 is 14.7 Å². The highest BCUT2D eigenvalue weighted by atomic mass is 16.5. The first-order valence-corrected chi connectivity index (χ1v) is 7.07. The van der Waals surface area contributed by atoms with Gasteiger partial charge in [0.1, 0.15) is 5.60 Å². The maximum absolute atomic E-state index is 11.2. The van der Waals surface area contributed by atoms with Crippen LogP contribution in [0, 0.1) is 0 Å². The number of ether oxygens (including phenoxy) is 1. The van der Waals surface area contributed by atoms with Crippen LogP contribution in [0.15, 0.2) is 23.9 Å². The van der Waals surface area contributed by atoms with E-state index >= 15 is 0 Å². The average Bonchev–Trinajstić information content (AvgIpc) is 2.44. The van der Waals surface area contributed by atoms with Gasteiger partial charge in [0.05, 0.1) is 7.11 Å². The molecule has 1 aliphatic carbocycles. The Bertz CT molecular complexity index is 511. The summed E-state index contributed by atoms with van der Waals surface area (Å²) < 4.78 is 5.18.